The standard InChI is InChI=1S/C30H40ClNO3/c1-29-15-4-3-7-19(29)17-24(33)26-20-13-12-18(30(20,2)16-14-21(26)29)8-5-11-25-32-23-10-6-9-22(31)27(23)28(34)35-25/h6,9-10,18-21,24,26,33H,3-5,7-8,11-17H2,1-2H3. The average molecular weight is 498 g/mol. The molecule has 1 aromatic carbocycles. The fourth-order valence-electron chi connectivity index (χ4n) is 9.57. The third-order valence-corrected chi connectivity index (χ3v) is 11.7. The normalized spacial score (nSPS) is 40.8. The molecule has 4 nitrogen and oxygen atoms in total. The highest BCUT2D eigenvalue weighted by atomic mass is 35.5. The molecule has 6 rings (SSSR count). The summed E-state index contributed by atoms with van der Waals surface area (Å²) in [6.07, 6.45) is 14.3. The summed E-state index contributed by atoms with van der Waals surface area (Å²) in [5.41, 5.74) is 1.01. The van der Waals surface area contributed by atoms with Gasteiger partial charge in [0.1, 0.15) is 5.39 Å². The first-order valence-electron chi connectivity index (χ1n) is 14.1. The van der Waals surface area contributed by atoms with Crippen LogP contribution in [0.25, 0.3) is 10.9 Å². The molecule has 8 atom stereocenters. The molecule has 1 heterocycles. The Morgan fingerprint density at radius 3 is 2.77 bits per heavy atom. The summed E-state index contributed by atoms with van der Waals surface area (Å²) in [6, 6.07) is 5.36. The molecule has 5 heteroatoms. The van der Waals surface area contributed by atoms with Gasteiger partial charge in [-0.15, -0.1) is 0 Å². The number of hydrogen-bond donors (Lipinski definition) is 1. The van der Waals surface area contributed by atoms with Crippen LogP contribution in [0.5, 0.6) is 0 Å². The predicted molar refractivity (Wildman–Crippen MR) is 139 cm³/mol. The van der Waals surface area contributed by atoms with Gasteiger partial charge in [0.15, 0.2) is 5.89 Å². The van der Waals surface area contributed by atoms with E-state index >= 15 is 0 Å². The van der Waals surface area contributed by atoms with Crippen molar-refractivity contribution in [3.8, 4) is 0 Å². The quantitative estimate of drug-likeness (QED) is 0.485. The van der Waals surface area contributed by atoms with Crippen molar-refractivity contribution in [3.63, 3.8) is 0 Å². The molecular weight excluding hydrogens is 458 g/mol. The summed E-state index contributed by atoms with van der Waals surface area (Å²) in [5, 5.41) is 12.2. The number of aromatic nitrogens is 1. The monoisotopic (exact) mass is 497 g/mol. The molecule has 190 valence electrons. The molecule has 4 aliphatic rings. The lowest BCUT2D eigenvalue weighted by atomic mass is 9.44. The van der Waals surface area contributed by atoms with E-state index in [0.717, 1.165) is 25.2 Å². The maximum Gasteiger partial charge on any atom is 0.348 e. The number of fused-ring (bicyclic) bond motifs is 6. The molecule has 35 heavy (non-hydrogen) atoms. The molecule has 4 fully saturated rings. The molecule has 8 unspecified atom stereocenters. The summed E-state index contributed by atoms with van der Waals surface area (Å²) in [4.78, 5) is 17.0. The molecule has 0 amide bonds. The van der Waals surface area contributed by atoms with Gasteiger partial charge < -0.3 is 9.52 Å². The zero-order valence-corrected chi connectivity index (χ0v) is 22.0. The minimum Gasteiger partial charge on any atom is -0.408 e. The van der Waals surface area contributed by atoms with Gasteiger partial charge >= 0.3 is 5.63 Å². The Labute approximate surface area is 213 Å². The molecule has 4 saturated carbocycles. The van der Waals surface area contributed by atoms with E-state index in [4.69, 9.17) is 16.0 Å². The van der Waals surface area contributed by atoms with Crippen LogP contribution in [-0.4, -0.2) is 16.2 Å². The minimum absolute atomic E-state index is 0.109. The van der Waals surface area contributed by atoms with E-state index in [0.29, 0.717) is 62.7 Å². The summed E-state index contributed by atoms with van der Waals surface area (Å²) >= 11 is 6.17. The second kappa shape index (κ2) is 8.87. The van der Waals surface area contributed by atoms with Gasteiger partial charge in [-0.25, -0.2) is 9.78 Å². The van der Waals surface area contributed by atoms with Gasteiger partial charge in [0.05, 0.1) is 16.6 Å². The Bertz CT molecular complexity index is 1160. The molecule has 4 aliphatic carbocycles. The smallest absolute Gasteiger partial charge is 0.348 e. The molecule has 1 aromatic heterocycles. The number of aryl methyl sites for hydroxylation is 1. The Hall–Kier alpha value is -1.39. The van der Waals surface area contributed by atoms with Crippen LogP contribution in [0.2, 0.25) is 5.02 Å². The van der Waals surface area contributed by atoms with Crippen molar-refractivity contribution < 1.29 is 9.52 Å². The number of rotatable bonds is 4. The van der Waals surface area contributed by atoms with Gasteiger partial charge in [-0.2, -0.15) is 0 Å². The molecule has 0 bridgehead atoms. The van der Waals surface area contributed by atoms with Gasteiger partial charge in [-0.1, -0.05) is 44.4 Å². The van der Waals surface area contributed by atoms with Crippen LogP contribution < -0.4 is 5.63 Å². The van der Waals surface area contributed by atoms with Crippen molar-refractivity contribution in [2.75, 3.05) is 0 Å². The van der Waals surface area contributed by atoms with E-state index in [-0.39, 0.29) is 11.7 Å². The first kappa shape index (κ1) is 24.0. The van der Waals surface area contributed by atoms with Crippen molar-refractivity contribution in [1.82, 2.24) is 4.98 Å². The topological polar surface area (TPSA) is 63.3 Å². The number of aliphatic hydroxyl groups excluding tert-OH is 1. The van der Waals surface area contributed by atoms with Crippen molar-refractivity contribution in [2.45, 2.75) is 97.0 Å². The third-order valence-electron chi connectivity index (χ3n) is 11.4. The largest absolute Gasteiger partial charge is 0.408 e. The third kappa shape index (κ3) is 3.81. The van der Waals surface area contributed by atoms with E-state index in [9.17, 15) is 9.90 Å². The van der Waals surface area contributed by atoms with Crippen LogP contribution in [0.3, 0.4) is 0 Å². The fraction of sp³-hybridized carbons (Fsp3) is 0.733. The van der Waals surface area contributed by atoms with E-state index in [2.05, 4.69) is 18.8 Å². The van der Waals surface area contributed by atoms with Crippen LogP contribution >= 0.6 is 11.6 Å². The molecule has 0 aliphatic heterocycles. The van der Waals surface area contributed by atoms with Crippen molar-refractivity contribution in [2.24, 2.45) is 40.4 Å². The summed E-state index contributed by atoms with van der Waals surface area (Å²) in [6.45, 7) is 5.11. The first-order chi connectivity index (χ1) is 16.8. The maximum atomic E-state index is 12.5. The highest BCUT2D eigenvalue weighted by molar-refractivity contribution is 6.35. The average Bonchev–Trinajstić information content (AvgIpc) is 3.15. The van der Waals surface area contributed by atoms with Crippen LogP contribution in [0, 0.1) is 40.4 Å². The molecule has 1 N–H and O–H groups in total. The minimum atomic E-state index is -0.386. The maximum absolute atomic E-state index is 12.5. The molecule has 2 aromatic rings. The molecule has 0 saturated heterocycles. The number of aliphatic hydroxyl groups is 1. The first-order valence-corrected chi connectivity index (χ1v) is 14.5. The zero-order chi connectivity index (χ0) is 24.4. The summed E-state index contributed by atoms with van der Waals surface area (Å²) in [5.74, 6) is 3.78. The summed E-state index contributed by atoms with van der Waals surface area (Å²) in [7, 11) is 0. The number of nitrogens with zero attached hydrogens (tertiary/aromatic N) is 1. The Morgan fingerprint density at radius 2 is 1.91 bits per heavy atom. The highest BCUT2D eigenvalue weighted by Gasteiger charge is 2.61. The van der Waals surface area contributed by atoms with Gasteiger partial charge in [0, 0.05) is 6.42 Å². The van der Waals surface area contributed by atoms with Gasteiger partial charge in [-0.3, -0.25) is 0 Å². The van der Waals surface area contributed by atoms with Crippen molar-refractivity contribution in [1.29, 1.82) is 0 Å². The summed E-state index contributed by atoms with van der Waals surface area (Å²) < 4.78 is 5.53. The van der Waals surface area contributed by atoms with E-state index < -0.39 is 0 Å². The lowest BCUT2D eigenvalue weighted by Crippen LogP contribution is -2.57. The number of benzene rings is 1. The Kier molecular flexibility index (Phi) is 6.08. The number of hydrogen-bond acceptors (Lipinski definition) is 4. The lowest BCUT2D eigenvalue weighted by Gasteiger charge is -2.62. The van der Waals surface area contributed by atoms with E-state index in [1.54, 1.807) is 6.07 Å². The second-order valence-electron chi connectivity index (χ2n) is 12.8. The number of halogens is 1. The van der Waals surface area contributed by atoms with Crippen molar-refractivity contribution in [3.05, 3.63) is 39.5 Å². The van der Waals surface area contributed by atoms with Crippen LogP contribution in [0.15, 0.2) is 27.4 Å². The zero-order valence-electron chi connectivity index (χ0n) is 21.3. The lowest BCUT2D eigenvalue weighted by molar-refractivity contribution is -0.162. The Balaban J connectivity index is 1.15. The van der Waals surface area contributed by atoms with Crippen LogP contribution in [-0.2, 0) is 6.42 Å². The highest BCUT2D eigenvalue weighted by Crippen LogP contribution is 2.67. The second-order valence-corrected chi connectivity index (χ2v) is 13.2. The Morgan fingerprint density at radius 1 is 1.09 bits per heavy atom. The van der Waals surface area contributed by atoms with E-state index in [1.807, 2.05) is 12.1 Å². The van der Waals surface area contributed by atoms with Gasteiger partial charge in [0.25, 0.3) is 0 Å². The van der Waals surface area contributed by atoms with Crippen LogP contribution in [0.1, 0.15) is 90.4 Å². The van der Waals surface area contributed by atoms with Crippen molar-refractivity contribution >= 4 is 22.5 Å². The molecule has 0 radical (unpaired) electrons. The predicted octanol–water partition coefficient (Wildman–Crippen LogP) is 7.18. The van der Waals surface area contributed by atoms with Gasteiger partial charge in [-0.05, 0) is 110 Å². The van der Waals surface area contributed by atoms with Gasteiger partial charge in [0.2, 0.25) is 0 Å². The van der Waals surface area contributed by atoms with E-state index in [1.165, 1.54) is 51.4 Å². The fourth-order valence-corrected chi connectivity index (χ4v) is 9.81. The molecule has 0 spiro atoms. The van der Waals surface area contributed by atoms with Crippen LogP contribution in [0.4, 0.5) is 0 Å². The molecular formula is C30H40ClNO3. The SMILES string of the molecule is CC12CCC3C(C(O)CC4CCCCC43C)C1CCC2CCCc1nc2cccc(Cl)c2c(=O)o1.